The van der Waals surface area contributed by atoms with Gasteiger partial charge in [0.15, 0.2) is 0 Å². The van der Waals surface area contributed by atoms with Crippen LogP contribution in [0.25, 0.3) is 5.57 Å². The maximum atomic E-state index is 10.9. The Hall–Kier alpha value is -2.10. The van der Waals surface area contributed by atoms with Gasteiger partial charge in [-0.05, 0) is 54.2 Å². The topological polar surface area (TPSA) is 43.7 Å². The summed E-state index contributed by atoms with van der Waals surface area (Å²) in [6.45, 7) is 6.97. The van der Waals surface area contributed by atoms with Crippen molar-refractivity contribution < 1.29 is 10.2 Å². The van der Waals surface area contributed by atoms with E-state index in [-0.39, 0.29) is 6.61 Å². The lowest BCUT2D eigenvalue weighted by Crippen LogP contribution is -2.34. The predicted molar refractivity (Wildman–Crippen MR) is 103 cm³/mol. The molecule has 132 valence electrons. The molecular weight excluding hydrogens is 310 g/mol. The number of para-hydroxylation sites is 1. The van der Waals surface area contributed by atoms with Crippen LogP contribution >= 0.6 is 0 Å². The fourth-order valence-electron chi connectivity index (χ4n) is 3.67. The fraction of sp³-hybridized carbons (Fsp3) is 0.364. The molecule has 1 atom stereocenters. The molecule has 1 aliphatic heterocycles. The van der Waals surface area contributed by atoms with Crippen molar-refractivity contribution in [2.24, 2.45) is 0 Å². The van der Waals surface area contributed by atoms with E-state index in [9.17, 15) is 10.2 Å². The summed E-state index contributed by atoms with van der Waals surface area (Å²) in [4.78, 5) is 2.05. The quantitative estimate of drug-likeness (QED) is 0.879. The zero-order valence-electron chi connectivity index (χ0n) is 15.3. The number of benzene rings is 2. The Labute approximate surface area is 150 Å². The van der Waals surface area contributed by atoms with Crippen LogP contribution in [-0.4, -0.2) is 23.0 Å². The largest absolute Gasteiger partial charge is 0.392 e. The zero-order valence-corrected chi connectivity index (χ0v) is 15.3. The summed E-state index contributed by atoms with van der Waals surface area (Å²) in [7, 11) is 0. The molecule has 25 heavy (non-hydrogen) atoms. The van der Waals surface area contributed by atoms with Crippen molar-refractivity contribution in [3.63, 3.8) is 0 Å². The second-order valence-corrected chi connectivity index (χ2v) is 6.84. The second-order valence-electron chi connectivity index (χ2n) is 6.84. The number of nitrogens with zero attached hydrogens (tertiary/aromatic N) is 1. The molecule has 0 radical (unpaired) electrons. The smallest absolute Gasteiger partial charge is 0.131 e. The number of rotatable bonds is 4. The SMILES string of the molecule is CCC1=C(CO)CC(O)N(Cc2ccc(C)c(C)c2)c2ccccc21. The standard InChI is InChI=1S/C22H27NO2/c1-4-19-18(14-24)12-22(25)23(21-8-6-5-7-20(19)21)13-17-10-9-15(2)16(3)11-17/h5-11,22,24-25H,4,12-14H2,1-3H3. The Balaban J connectivity index is 2.04. The van der Waals surface area contributed by atoms with E-state index in [4.69, 9.17) is 0 Å². The highest BCUT2D eigenvalue weighted by Crippen LogP contribution is 2.38. The van der Waals surface area contributed by atoms with Crippen LogP contribution in [0.2, 0.25) is 0 Å². The summed E-state index contributed by atoms with van der Waals surface area (Å²) < 4.78 is 0. The molecular formula is C22H27NO2. The van der Waals surface area contributed by atoms with E-state index in [1.54, 1.807) is 0 Å². The van der Waals surface area contributed by atoms with Crippen molar-refractivity contribution in [2.45, 2.75) is 46.4 Å². The Morgan fingerprint density at radius 2 is 1.84 bits per heavy atom. The minimum atomic E-state index is -0.644. The zero-order chi connectivity index (χ0) is 18.0. The van der Waals surface area contributed by atoms with Crippen LogP contribution in [0.3, 0.4) is 0 Å². The monoisotopic (exact) mass is 337 g/mol. The summed E-state index contributed by atoms with van der Waals surface area (Å²) in [5.41, 5.74) is 7.96. The molecule has 3 nitrogen and oxygen atoms in total. The molecule has 0 saturated heterocycles. The van der Waals surface area contributed by atoms with Crippen molar-refractivity contribution >= 4 is 11.3 Å². The van der Waals surface area contributed by atoms with Gasteiger partial charge >= 0.3 is 0 Å². The molecule has 3 rings (SSSR count). The number of fused-ring (bicyclic) bond motifs is 1. The Morgan fingerprint density at radius 1 is 1.08 bits per heavy atom. The average molecular weight is 337 g/mol. The normalized spacial score (nSPS) is 17.5. The van der Waals surface area contributed by atoms with Gasteiger partial charge in [-0.15, -0.1) is 0 Å². The molecule has 1 heterocycles. The van der Waals surface area contributed by atoms with E-state index in [1.165, 1.54) is 16.7 Å². The second kappa shape index (κ2) is 7.42. The van der Waals surface area contributed by atoms with Gasteiger partial charge in [0.2, 0.25) is 0 Å². The van der Waals surface area contributed by atoms with Crippen LogP contribution in [0, 0.1) is 13.8 Å². The van der Waals surface area contributed by atoms with Crippen molar-refractivity contribution in [1.29, 1.82) is 0 Å². The summed E-state index contributed by atoms with van der Waals surface area (Å²) in [5, 5.41) is 20.7. The third kappa shape index (κ3) is 3.48. The van der Waals surface area contributed by atoms with Gasteiger partial charge in [0, 0.05) is 24.2 Å². The van der Waals surface area contributed by atoms with Crippen LogP contribution in [0.4, 0.5) is 5.69 Å². The van der Waals surface area contributed by atoms with E-state index in [1.807, 2.05) is 12.1 Å². The maximum Gasteiger partial charge on any atom is 0.131 e. The van der Waals surface area contributed by atoms with Gasteiger partial charge in [0.1, 0.15) is 6.23 Å². The molecule has 2 aromatic carbocycles. The van der Waals surface area contributed by atoms with Crippen molar-refractivity contribution in [1.82, 2.24) is 0 Å². The van der Waals surface area contributed by atoms with Crippen LogP contribution in [-0.2, 0) is 6.54 Å². The van der Waals surface area contributed by atoms with Gasteiger partial charge in [0.05, 0.1) is 6.61 Å². The Morgan fingerprint density at radius 3 is 2.52 bits per heavy atom. The first-order valence-corrected chi connectivity index (χ1v) is 8.97. The van der Waals surface area contributed by atoms with Crippen molar-refractivity contribution in [3.8, 4) is 0 Å². The highest BCUT2D eigenvalue weighted by molar-refractivity contribution is 5.80. The van der Waals surface area contributed by atoms with E-state index >= 15 is 0 Å². The number of anilines is 1. The molecule has 0 aliphatic carbocycles. The van der Waals surface area contributed by atoms with Gasteiger partial charge in [-0.1, -0.05) is 43.3 Å². The summed E-state index contributed by atoms with van der Waals surface area (Å²) in [6.07, 6.45) is 0.671. The minimum Gasteiger partial charge on any atom is -0.392 e. The predicted octanol–water partition coefficient (Wildman–Crippen LogP) is 4.19. The van der Waals surface area contributed by atoms with Crippen molar-refractivity contribution in [2.75, 3.05) is 11.5 Å². The number of aliphatic hydroxyl groups is 2. The van der Waals surface area contributed by atoms with Gasteiger partial charge in [-0.3, -0.25) is 0 Å². The molecule has 3 heteroatoms. The van der Waals surface area contributed by atoms with E-state index < -0.39 is 6.23 Å². The summed E-state index contributed by atoms with van der Waals surface area (Å²) in [6, 6.07) is 14.6. The summed E-state index contributed by atoms with van der Waals surface area (Å²) in [5.74, 6) is 0. The molecule has 0 amide bonds. The summed E-state index contributed by atoms with van der Waals surface area (Å²) >= 11 is 0. The highest BCUT2D eigenvalue weighted by atomic mass is 16.3. The molecule has 1 unspecified atom stereocenters. The first-order chi connectivity index (χ1) is 12.0. The average Bonchev–Trinajstić information content (AvgIpc) is 2.73. The highest BCUT2D eigenvalue weighted by Gasteiger charge is 2.26. The van der Waals surface area contributed by atoms with Gasteiger partial charge in [-0.2, -0.15) is 0 Å². The lowest BCUT2D eigenvalue weighted by molar-refractivity contribution is 0.162. The lowest BCUT2D eigenvalue weighted by atomic mass is 9.96. The number of hydrogen-bond acceptors (Lipinski definition) is 3. The Kier molecular flexibility index (Phi) is 5.26. The number of aryl methyl sites for hydroxylation is 2. The van der Waals surface area contributed by atoms with E-state index in [0.29, 0.717) is 13.0 Å². The molecule has 2 N–H and O–H groups in total. The van der Waals surface area contributed by atoms with Crippen LogP contribution < -0.4 is 4.90 Å². The molecule has 0 fully saturated rings. The van der Waals surface area contributed by atoms with Gasteiger partial charge < -0.3 is 15.1 Å². The van der Waals surface area contributed by atoms with E-state index in [0.717, 1.165) is 28.8 Å². The first-order valence-electron chi connectivity index (χ1n) is 8.97. The van der Waals surface area contributed by atoms with Crippen molar-refractivity contribution in [3.05, 3.63) is 70.3 Å². The number of aliphatic hydroxyl groups excluding tert-OH is 2. The van der Waals surface area contributed by atoms with Crippen LogP contribution in [0.5, 0.6) is 0 Å². The number of allylic oxidation sites excluding steroid dienone is 1. The van der Waals surface area contributed by atoms with Gasteiger partial charge in [0.25, 0.3) is 0 Å². The fourth-order valence-corrected chi connectivity index (χ4v) is 3.67. The molecule has 0 aromatic heterocycles. The Bertz CT molecular complexity index is 794. The maximum absolute atomic E-state index is 10.9. The van der Waals surface area contributed by atoms with Crippen LogP contribution in [0.1, 0.15) is 42.0 Å². The minimum absolute atomic E-state index is 0.00789. The van der Waals surface area contributed by atoms with Gasteiger partial charge in [-0.25, -0.2) is 0 Å². The molecule has 0 spiro atoms. The molecule has 1 aliphatic rings. The molecule has 0 bridgehead atoms. The lowest BCUT2D eigenvalue weighted by Gasteiger charge is -2.30. The first kappa shape index (κ1) is 17.7. The third-order valence-electron chi connectivity index (χ3n) is 5.22. The van der Waals surface area contributed by atoms with E-state index in [2.05, 4.69) is 56.0 Å². The number of hydrogen-bond donors (Lipinski definition) is 2. The molecule has 2 aromatic rings. The molecule has 0 saturated carbocycles. The van der Waals surface area contributed by atoms with Crippen LogP contribution in [0.15, 0.2) is 48.0 Å². The third-order valence-corrected chi connectivity index (χ3v) is 5.22.